The van der Waals surface area contributed by atoms with Gasteiger partial charge in [-0.25, -0.2) is 0 Å². The molecule has 0 saturated carbocycles. The van der Waals surface area contributed by atoms with Crippen LogP contribution in [0.2, 0.25) is 0 Å². The Morgan fingerprint density at radius 3 is 2.96 bits per heavy atom. The van der Waals surface area contributed by atoms with Gasteiger partial charge in [-0.1, -0.05) is 42.4 Å². The summed E-state index contributed by atoms with van der Waals surface area (Å²) in [6.45, 7) is 4.35. The Kier molecular flexibility index (Phi) is 5.96. The van der Waals surface area contributed by atoms with E-state index < -0.39 is 6.10 Å². The molecule has 1 aromatic heterocycles. The van der Waals surface area contributed by atoms with Crippen molar-refractivity contribution in [2.45, 2.75) is 44.9 Å². The number of benzene rings is 1. The van der Waals surface area contributed by atoms with Crippen molar-refractivity contribution in [1.82, 2.24) is 15.0 Å². The van der Waals surface area contributed by atoms with Crippen LogP contribution in [0.15, 0.2) is 34.9 Å². The average molecular weight is 331 g/mol. The fraction of sp³-hybridized carbons (Fsp3) is 0.556. The Morgan fingerprint density at radius 1 is 1.38 bits per heavy atom. The van der Waals surface area contributed by atoms with Crippen molar-refractivity contribution in [1.29, 1.82) is 0 Å². The molecule has 0 radical (unpaired) electrons. The fourth-order valence-electron chi connectivity index (χ4n) is 3.09. The van der Waals surface area contributed by atoms with Crippen LogP contribution in [-0.4, -0.2) is 45.9 Å². The smallest absolute Gasteiger partial charge is 0.226 e. The van der Waals surface area contributed by atoms with E-state index >= 15 is 0 Å². The van der Waals surface area contributed by atoms with Gasteiger partial charge in [-0.2, -0.15) is 4.98 Å². The van der Waals surface area contributed by atoms with Gasteiger partial charge < -0.3 is 14.4 Å². The minimum atomic E-state index is -0.521. The quantitative estimate of drug-likeness (QED) is 0.800. The van der Waals surface area contributed by atoms with E-state index in [4.69, 9.17) is 9.26 Å². The van der Waals surface area contributed by atoms with Gasteiger partial charge >= 0.3 is 0 Å². The number of hydrogen-bond acceptors (Lipinski definition) is 6. The van der Waals surface area contributed by atoms with Crippen LogP contribution < -0.4 is 0 Å². The van der Waals surface area contributed by atoms with Gasteiger partial charge in [0.1, 0.15) is 0 Å². The van der Waals surface area contributed by atoms with Gasteiger partial charge in [-0.3, -0.25) is 4.90 Å². The molecule has 6 heteroatoms. The molecule has 2 heterocycles. The Balaban J connectivity index is 1.47. The molecule has 3 rings (SSSR count). The predicted molar refractivity (Wildman–Crippen MR) is 89.3 cm³/mol. The van der Waals surface area contributed by atoms with Crippen molar-refractivity contribution in [2.75, 3.05) is 19.7 Å². The highest BCUT2D eigenvalue weighted by Crippen LogP contribution is 2.30. The van der Waals surface area contributed by atoms with Gasteiger partial charge in [-0.05, 0) is 24.9 Å². The number of likely N-dealkylation sites (tertiary alicyclic amines) is 1. The molecule has 2 aromatic rings. The minimum absolute atomic E-state index is 0.137. The van der Waals surface area contributed by atoms with Crippen molar-refractivity contribution in [3.05, 3.63) is 47.6 Å². The number of hydrogen-bond donors (Lipinski definition) is 1. The van der Waals surface area contributed by atoms with Gasteiger partial charge in [-0.15, -0.1) is 0 Å². The molecule has 1 aliphatic rings. The molecular weight excluding hydrogens is 306 g/mol. The summed E-state index contributed by atoms with van der Waals surface area (Å²) in [6.07, 6.45) is 2.31. The summed E-state index contributed by atoms with van der Waals surface area (Å²) in [6, 6.07) is 10.1. The highest BCUT2D eigenvalue weighted by atomic mass is 16.5. The maximum absolute atomic E-state index is 10.3. The third-order valence-corrected chi connectivity index (χ3v) is 4.32. The van der Waals surface area contributed by atoms with Gasteiger partial charge in [0.05, 0.1) is 25.4 Å². The summed E-state index contributed by atoms with van der Waals surface area (Å²) >= 11 is 0. The molecule has 130 valence electrons. The number of aliphatic hydroxyl groups excluding tert-OH is 1. The van der Waals surface area contributed by atoms with Crippen molar-refractivity contribution >= 4 is 0 Å². The third kappa shape index (κ3) is 4.41. The van der Waals surface area contributed by atoms with E-state index in [0.29, 0.717) is 25.6 Å². The summed E-state index contributed by atoms with van der Waals surface area (Å²) in [4.78, 5) is 6.66. The zero-order valence-corrected chi connectivity index (χ0v) is 14.1. The van der Waals surface area contributed by atoms with Crippen molar-refractivity contribution in [3.8, 4) is 0 Å². The van der Waals surface area contributed by atoms with Crippen LogP contribution in [-0.2, 0) is 17.8 Å². The van der Waals surface area contributed by atoms with Crippen molar-refractivity contribution in [3.63, 3.8) is 0 Å². The van der Waals surface area contributed by atoms with Crippen molar-refractivity contribution in [2.24, 2.45) is 0 Å². The average Bonchev–Trinajstić information content (AvgIpc) is 3.24. The number of aliphatic hydroxyl groups is 1. The number of nitrogens with zero attached hydrogens (tertiary/aromatic N) is 3. The maximum Gasteiger partial charge on any atom is 0.226 e. The highest BCUT2D eigenvalue weighted by Gasteiger charge is 2.31. The second kappa shape index (κ2) is 8.37. The SMILES string of the molecule is CCc1nc([C@H]2CCCN2C[C@H](O)COCc2ccccc2)no1. The van der Waals surface area contributed by atoms with Gasteiger partial charge in [0, 0.05) is 13.0 Å². The van der Waals surface area contributed by atoms with E-state index in [1.807, 2.05) is 37.3 Å². The van der Waals surface area contributed by atoms with E-state index in [-0.39, 0.29) is 6.04 Å². The first-order valence-corrected chi connectivity index (χ1v) is 8.62. The zero-order valence-electron chi connectivity index (χ0n) is 14.1. The zero-order chi connectivity index (χ0) is 16.8. The second-order valence-corrected chi connectivity index (χ2v) is 6.21. The number of β-amino-alcohol motifs (C(OH)–C–C–N with tert-alkyl or cyclic N) is 1. The van der Waals surface area contributed by atoms with Crippen LogP contribution >= 0.6 is 0 Å². The molecule has 0 unspecified atom stereocenters. The minimum Gasteiger partial charge on any atom is -0.389 e. The lowest BCUT2D eigenvalue weighted by molar-refractivity contribution is 0.00710. The lowest BCUT2D eigenvalue weighted by Gasteiger charge is -2.24. The summed E-state index contributed by atoms with van der Waals surface area (Å²) < 4.78 is 10.8. The van der Waals surface area contributed by atoms with Gasteiger partial charge in [0.25, 0.3) is 0 Å². The lowest BCUT2D eigenvalue weighted by Crippen LogP contribution is -2.35. The maximum atomic E-state index is 10.3. The molecular formula is C18H25N3O3. The van der Waals surface area contributed by atoms with Crippen LogP contribution in [0.3, 0.4) is 0 Å². The summed E-state index contributed by atoms with van der Waals surface area (Å²) in [5, 5.41) is 14.4. The van der Waals surface area contributed by atoms with Crippen LogP contribution in [0.25, 0.3) is 0 Å². The van der Waals surface area contributed by atoms with E-state index in [1.165, 1.54) is 0 Å². The summed E-state index contributed by atoms with van der Waals surface area (Å²) in [5.74, 6) is 1.41. The first-order chi connectivity index (χ1) is 11.8. The van der Waals surface area contributed by atoms with Crippen LogP contribution in [0.1, 0.15) is 43.1 Å². The molecule has 2 atom stereocenters. The molecule has 1 fully saturated rings. The molecule has 0 bridgehead atoms. The first kappa shape index (κ1) is 17.1. The number of aryl methyl sites for hydroxylation is 1. The number of rotatable bonds is 8. The summed E-state index contributed by atoms with van der Waals surface area (Å²) in [5.41, 5.74) is 1.11. The van der Waals surface area contributed by atoms with E-state index in [9.17, 15) is 5.11 Å². The summed E-state index contributed by atoms with van der Waals surface area (Å²) in [7, 11) is 0. The van der Waals surface area contributed by atoms with Crippen LogP contribution in [0.4, 0.5) is 0 Å². The molecule has 1 aromatic carbocycles. The van der Waals surface area contributed by atoms with E-state index in [2.05, 4.69) is 15.0 Å². The Labute approximate surface area is 142 Å². The highest BCUT2D eigenvalue weighted by molar-refractivity contribution is 5.13. The Hall–Kier alpha value is -1.76. The topological polar surface area (TPSA) is 71.6 Å². The molecule has 1 saturated heterocycles. The first-order valence-electron chi connectivity index (χ1n) is 8.62. The number of ether oxygens (including phenoxy) is 1. The Morgan fingerprint density at radius 2 is 2.21 bits per heavy atom. The molecule has 0 spiro atoms. The molecule has 0 amide bonds. The molecule has 24 heavy (non-hydrogen) atoms. The van der Waals surface area contributed by atoms with Gasteiger partial charge in [0.2, 0.25) is 5.89 Å². The standard InChI is InChI=1S/C18H25N3O3/c1-2-17-19-18(20-24-17)16-9-6-10-21(16)11-15(22)13-23-12-14-7-4-3-5-8-14/h3-5,7-8,15-16,22H,2,6,9-13H2,1H3/t15-,16+/m0/s1. The lowest BCUT2D eigenvalue weighted by atomic mass is 10.2. The second-order valence-electron chi connectivity index (χ2n) is 6.21. The predicted octanol–water partition coefficient (Wildman–Crippen LogP) is 2.35. The number of aromatic nitrogens is 2. The molecule has 6 nitrogen and oxygen atoms in total. The molecule has 0 aliphatic carbocycles. The Bertz CT molecular complexity index is 617. The van der Waals surface area contributed by atoms with Crippen molar-refractivity contribution < 1.29 is 14.4 Å². The monoisotopic (exact) mass is 331 g/mol. The molecule has 1 aliphatic heterocycles. The third-order valence-electron chi connectivity index (χ3n) is 4.32. The van der Waals surface area contributed by atoms with E-state index in [1.54, 1.807) is 0 Å². The molecule has 1 N–H and O–H groups in total. The normalized spacial score (nSPS) is 19.7. The largest absolute Gasteiger partial charge is 0.389 e. The van der Waals surface area contributed by atoms with Crippen LogP contribution in [0, 0.1) is 0 Å². The fourth-order valence-corrected chi connectivity index (χ4v) is 3.09. The van der Waals surface area contributed by atoms with E-state index in [0.717, 1.165) is 37.2 Å². The van der Waals surface area contributed by atoms with Crippen LogP contribution in [0.5, 0.6) is 0 Å². The van der Waals surface area contributed by atoms with Gasteiger partial charge in [0.15, 0.2) is 5.82 Å².